The first-order valence-corrected chi connectivity index (χ1v) is 10.7. The Hall–Kier alpha value is -1.71. The fraction of sp³-hybridized carbons (Fsp3) is 0.708. The number of carbonyl (C=O) groups is 1. The number of phenolic OH excluding ortho intramolecular Hbond substituents is 1. The summed E-state index contributed by atoms with van der Waals surface area (Å²) in [5.41, 5.74) is 2.03. The molecule has 1 heterocycles. The second-order valence-corrected chi connectivity index (χ2v) is 10.5. The van der Waals surface area contributed by atoms with Crippen LogP contribution in [0, 0.1) is 29.6 Å². The van der Waals surface area contributed by atoms with Crippen LogP contribution in [0.25, 0.3) is 0 Å². The number of ether oxygens (including phenoxy) is 2. The number of esters is 1. The molecule has 0 radical (unpaired) electrons. The van der Waals surface area contributed by atoms with E-state index in [0.717, 1.165) is 24.2 Å². The van der Waals surface area contributed by atoms with Gasteiger partial charge in [0, 0.05) is 11.5 Å². The van der Waals surface area contributed by atoms with E-state index in [1.165, 1.54) is 32.8 Å². The minimum absolute atomic E-state index is 0.0460. The number of methoxy groups -OCH3 is 1. The average molecular weight is 387 g/mol. The first-order valence-electron chi connectivity index (χ1n) is 10.7. The lowest BCUT2D eigenvalue weighted by molar-refractivity contribution is -0.162. The Morgan fingerprint density at radius 3 is 2.57 bits per heavy atom. The Morgan fingerprint density at radius 1 is 1.18 bits per heavy atom. The van der Waals surface area contributed by atoms with Crippen molar-refractivity contribution >= 4 is 5.97 Å². The molecule has 1 aromatic carbocycles. The molecule has 3 aliphatic rings. The SMILES string of the molecule is COC(=O)c1c(C)cc2c(c1O)C[C@@H]1[C@@]3(C)CCCC(C)(C)[C@@H]3CC[C@@]1(C)O2. The van der Waals surface area contributed by atoms with E-state index in [1.54, 1.807) is 0 Å². The Labute approximate surface area is 168 Å². The highest BCUT2D eigenvalue weighted by Crippen LogP contribution is 2.65. The topological polar surface area (TPSA) is 55.8 Å². The van der Waals surface area contributed by atoms with Crippen LogP contribution in [0.5, 0.6) is 11.5 Å². The molecule has 0 spiro atoms. The van der Waals surface area contributed by atoms with Gasteiger partial charge >= 0.3 is 5.97 Å². The highest BCUT2D eigenvalue weighted by molar-refractivity contribution is 5.95. The standard InChI is InChI=1S/C24H34O4/c1-14-12-16-15(20(25)19(14)21(26)27-6)13-18-23(4)10-7-9-22(2,3)17(23)8-11-24(18,5)28-16/h12,17-18,25H,7-11,13H2,1-6H3/t17-,18+,23-,24+/m0/s1. The van der Waals surface area contributed by atoms with E-state index in [1.807, 2.05) is 13.0 Å². The molecule has 0 amide bonds. The molecule has 2 saturated carbocycles. The smallest absolute Gasteiger partial charge is 0.341 e. The first kappa shape index (κ1) is 19.6. The van der Waals surface area contributed by atoms with Crippen molar-refractivity contribution in [1.82, 2.24) is 0 Å². The van der Waals surface area contributed by atoms with Gasteiger partial charge in [-0.1, -0.05) is 27.2 Å². The normalized spacial score (nSPS) is 35.8. The number of phenols is 1. The minimum atomic E-state index is -0.488. The Bertz CT molecular complexity index is 826. The van der Waals surface area contributed by atoms with Crippen molar-refractivity contribution in [3.63, 3.8) is 0 Å². The van der Waals surface area contributed by atoms with Crippen LogP contribution in [-0.4, -0.2) is 23.8 Å². The summed E-state index contributed by atoms with van der Waals surface area (Å²) in [7, 11) is 1.35. The number of hydrogen-bond donors (Lipinski definition) is 1. The summed E-state index contributed by atoms with van der Waals surface area (Å²) in [5.74, 6) is 1.27. The van der Waals surface area contributed by atoms with Gasteiger partial charge in [0.2, 0.25) is 0 Å². The molecule has 0 saturated heterocycles. The number of hydrogen-bond acceptors (Lipinski definition) is 4. The number of aryl methyl sites for hydroxylation is 1. The molecular formula is C24H34O4. The van der Waals surface area contributed by atoms with Gasteiger partial charge in [-0.25, -0.2) is 4.79 Å². The summed E-state index contributed by atoms with van der Waals surface area (Å²) >= 11 is 0. The molecule has 0 aromatic heterocycles. The maximum atomic E-state index is 12.2. The Kier molecular flexibility index (Phi) is 4.30. The minimum Gasteiger partial charge on any atom is -0.507 e. The van der Waals surface area contributed by atoms with Crippen molar-refractivity contribution in [2.24, 2.45) is 22.7 Å². The zero-order chi connectivity index (χ0) is 20.5. The van der Waals surface area contributed by atoms with Crippen LogP contribution in [0.15, 0.2) is 6.07 Å². The van der Waals surface area contributed by atoms with Crippen molar-refractivity contribution in [3.05, 3.63) is 22.8 Å². The lowest BCUT2D eigenvalue weighted by Gasteiger charge is -2.63. The van der Waals surface area contributed by atoms with Crippen molar-refractivity contribution in [2.75, 3.05) is 7.11 Å². The van der Waals surface area contributed by atoms with Crippen molar-refractivity contribution in [3.8, 4) is 11.5 Å². The maximum Gasteiger partial charge on any atom is 0.341 e. The number of rotatable bonds is 1. The van der Waals surface area contributed by atoms with Gasteiger partial charge in [-0.15, -0.1) is 0 Å². The van der Waals surface area contributed by atoms with Gasteiger partial charge < -0.3 is 14.6 Å². The van der Waals surface area contributed by atoms with Gasteiger partial charge in [0.1, 0.15) is 22.7 Å². The Morgan fingerprint density at radius 2 is 1.89 bits per heavy atom. The van der Waals surface area contributed by atoms with Crippen LogP contribution in [0.3, 0.4) is 0 Å². The quantitative estimate of drug-likeness (QED) is 0.655. The largest absolute Gasteiger partial charge is 0.507 e. The monoisotopic (exact) mass is 386 g/mol. The predicted molar refractivity (Wildman–Crippen MR) is 109 cm³/mol. The number of aromatic hydroxyl groups is 1. The lowest BCUT2D eigenvalue weighted by Crippen LogP contribution is -2.61. The lowest BCUT2D eigenvalue weighted by atomic mass is 9.44. The van der Waals surface area contributed by atoms with Crippen LogP contribution in [0.1, 0.15) is 81.3 Å². The van der Waals surface area contributed by atoms with E-state index < -0.39 is 5.97 Å². The molecule has 0 unspecified atom stereocenters. The van der Waals surface area contributed by atoms with E-state index in [4.69, 9.17) is 9.47 Å². The second-order valence-electron chi connectivity index (χ2n) is 10.5. The third kappa shape index (κ3) is 2.59. The molecular weight excluding hydrogens is 352 g/mol. The van der Waals surface area contributed by atoms with Crippen LogP contribution in [0.4, 0.5) is 0 Å². The van der Waals surface area contributed by atoms with Crippen LogP contribution < -0.4 is 4.74 Å². The van der Waals surface area contributed by atoms with Crippen molar-refractivity contribution in [1.29, 1.82) is 0 Å². The molecule has 4 atom stereocenters. The summed E-state index contributed by atoms with van der Waals surface area (Å²) in [6.07, 6.45) is 6.72. The number of carbonyl (C=O) groups excluding carboxylic acids is 1. The molecule has 1 aliphatic heterocycles. The van der Waals surface area contributed by atoms with Gasteiger partial charge in [0.25, 0.3) is 0 Å². The molecule has 4 nitrogen and oxygen atoms in total. The van der Waals surface area contributed by atoms with E-state index in [0.29, 0.717) is 22.8 Å². The molecule has 2 fully saturated rings. The van der Waals surface area contributed by atoms with E-state index in [-0.39, 0.29) is 22.3 Å². The van der Waals surface area contributed by atoms with Gasteiger partial charge in [-0.2, -0.15) is 0 Å². The Balaban J connectivity index is 1.82. The fourth-order valence-electron chi connectivity index (χ4n) is 7.09. The third-order valence-corrected chi connectivity index (χ3v) is 8.44. The molecule has 0 bridgehead atoms. The van der Waals surface area contributed by atoms with E-state index in [2.05, 4.69) is 27.7 Å². The fourth-order valence-corrected chi connectivity index (χ4v) is 7.09. The van der Waals surface area contributed by atoms with Crippen molar-refractivity contribution in [2.45, 2.75) is 78.7 Å². The summed E-state index contributed by atoms with van der Waals surface area (Å²) in [4.78, 5) is 12.2. The molecule has 28 heavy (non-hydrogen) atoms. The number of benzene rings is 1. The highest BCUT2D eigenvalue weighted by Gasteiger charge is 2.60. The van der Waals surface area contributed by atoms with Crippen LogP contribution in [0.2, 0.25) is 0 Å². The highest BCUT2D eigenvalue weighted by atomic mass is 16.5. The van der Waals surface area contributed by atoms with Crippen LogP contribution >= 0.6 is 0 Å². The van der Waals surface area contributed by atoms with Crippen LogP contribution in [-0.2, 0) is 11.2 Å². The summed E-state index contributed by atoms with van der Waals surface area (Å²) in [5, 5.41) is 11.0. The first-order chi connectivity index (χ1) is 13.0. The number of fused-ring (bicyclic) bond motifs is 4. The molecule has 4 rings (SSSR count). The molecule has 1 N–H and O–H groups in total. The maximum absolute atomic E-state index is 12.2. The zero-order valence-corrected chi connectivity index (χ0v) is 18.1. The predicted octanol–water partition coefficient (Wildman–Crippen LogP) is 5.42. The van der Waals surface area contributed by atoms with E-state index in [9.17, 15) is 9.90 Å². The zero-order valence-electron chi connectivity index (χ0n) is 18.1. The summed E-state index contributed by atoms with van der Waals surface area (Å²) in [6, 6.07) is 1.90. The molecule has 154 valence electrons. The van der Waals surface area contributed by atoms with Gasteiger partial charge in [-0.05, 0) is 74.3 Å². The average Bonchev–Trinajstić information content (AvgIpc) is 2.59. The summed E-state index contributed by atoms with van der Waals surface area (Å²) in [6.45, 7) is 11.4. The van der Waals surface area contributed by atoms with Gasteiger partial charge in [0.05, 0.1) is 7.11 Å². The molecule has 1 aromatic rings. The summed E-state index contributed by atoms with van der Waals surface area (Å²) < 4.78 is 11.5. The van der Waals surface area contributed by atoms with Gasteiger partial charge in [-0.3, -0.25) is 0 Å². The van der Waals surface area contributed by atoms with Gasteiger partial charge in [0.15, 0.2) is 0 Å². The third-order valence-electron chi connectivity index (χ3n) is 8.44. The second kappa shape index (κ2) is 6.14. The molecule has 4 heteroatoms. The van der Waals surface area contributed by atoms with E-state index >= 15 is 0 Å². The molecule has 2 aliphatic carbocycles. The van der Waals surface area contributed by atoms with Crippen molar-refractivity contribution < 1.29 is 19.4 Å².